The Bertz CT molecular complexity index is 1440. The lowest BCUT2D eigenvalue weighted by atomic mass is 10.1. The van der Waals surface area contributed by atoms with Crippen LogP contribution in [0.5, 0.6) is 0 Å². The number of aliphatic hydroxyl groups is 1. The fourth-order valence-electron chi connectivity index (χ4n) is 3.70. The first-order chi connectivity index (χ1) is 21.7. The number of nitrogens with zero attached hydrogens (tertiary/aromatic N) is 2. The van der Waals surface area contributed by atoms with E-state index < -0.39 is 12.6 Å². The Hall–Kier alpha value is -4.12. The maximum Gasteiger partial charge on any atom is 0.461 e. The number of aliphatic imine (C=N–C) groups is 1. The molecule has 11 heteroatoms. The number of hydrogen-bond acceptors (Lipinski definition) is 9. The molecule has 0 spiro atoms. The maximum absolute atomic E-state index is 11.2. The second-order valence-electron chi connectivity index (χ2n) is 9.41. The predicted molar refractivity (Wildman–Crippen MR) is 174 cm³/mol. The number of aryl methyl sites for hydroxylation is 3. The molecule has 2 heterocycles. The molecule has 1 N–H and O–H groups in total. The quantitative estimate of drug-likeness (QED) is 0.145. The Balaban J connectivity index is 0.000000267. The Kier molecular flexibility index (Phi) is 16.5. The molecule has 242 valence electrons. The smallest absolute Gasteiger partial charge is 0.461 e. The van der Waals surface area contributed by atoms with Gasteiger partial charge >= 0.3 is 23.6 Å². The first-order valence-electron chi connectivity index (χ1n) is 14.7. The van der Waals surface area contributed by atoms with Gasteiger partial charge in [0.2, 0.25) is 5.89 Å². The van der Waals surface area contributed by atoms with Gasteiger partial charge in [-0.2, -0.15) is 9.42 Å². The van der Waals surface area contributed by atoms with Crippen molar-refractivity contribution in [2.24, 2.45) is 4.99 Å². The zero-order valence-corrected chi connectivity index (χ0v) is 27.3. The maximum atomic E-state index is 11.2. The summed E-state index contributed by atoms with van der Waals surface area (Å²) >= 11 is 5.72. The van der Waals surface area contributed by atoms with Gasteiger partial charge in [0.1, 0.15) is 30.2 Å². The molecule has 0 atom stereocenters. The van der Waals surface area contributed by atoms with Crippen LogP contribution in [0.3, 0.4) is 0 Å². The van der Waals surface area contributed by atoms with Gasteiger partial charge in [-0.15, -0.1) is 11.6 Å². The minimum Gasteiger partial charge on any atom is -0.464 e. The molecule has 0 unspecified atom stereocenters. The van der Waals surface area contributed by atoms with Crippen LogP contribution in [0.4, 0.5) is 0 Å². The second kappa shape index (κ2) is 20.0. The fraction of sp³-hybridized carbons (Fsp3) is 0.382. The minimum atomic E-state index is -0.567. The number of ether oxygens (including phenoxy) is 3. The molecule has 0 aliphatic carbocycles. The zero-order chi connectivity index (χ0) is 33.2. The molecule has 45 heavy (non-hydrogen) atoms. The van der Waals surface area contributed by atoms with Gasteiger partial charge in [0.25, 0.3) is 0 Å². The van der Waals surface area contributed by atoms with Crippen LogP contribution >= 0.6 is 11.6 Å². The number of halogens is 1. The molecular weight excluding hydrogens is 600 g/mol. The summed E-state index contributed by atoms with van der Waals surface area (Å²) in [5.41, 5.74) is 5.85. The standard InChI is InChI=1S/C17H21NO4.C13H13ClNO.C4H8O3/c1-4-13-6-8-14(9-7-13)17-18-15(12(3)22-17)10-20-11-16(19)21-5-2;1-3-10-4-6-11(7-5-10)13-15-12(8-14)9(2)16-13;1-2-7-4(6)3-5/h6-9H,4-5,10-11H2,1-3H3;4-7H,2-3,8H2,1H3;5H,2-3H2,1H3/q;+1;. The van der Waals surface area contributed by atoms with E-state index in [0.29, 0.717) is 53.8 Å². The monoisotopic (exact) mass is 641 g/mol. The molecule has 0 radical (unpaired) electrons. The molecule has 2 aromatic carbocycles. The number of hydrogen-bond donors (Lipinski definition) is 1. The van der Waals surface area contributed by atoms with Crippen molar-refractivity contribution in [3.05, 3.63) is 89.0 Å². The van der Waals surface area contributed by atoms with Crippen molar-refractivity contribution >= 4 is 35.2 Å². The molecule has 4 rings (SSSR count). The van der Waals surface area contributed by atoms with Crippen LogP contribution in [0.2, 0.25) is 0 Å². The highest BCUT2D eigenvalue weighted by Crippen LogP contribution is 2.23. The lowest BCUT2D eigenvalue weighted by Gasteiger charge is -2.02. The van der Waals surface area contributed by atoms with Crippen molar-refractivity contribution in [3.63, 3.8) is 0 Å². The number of benzene rings is 2. The molecule has 1 aliphatic rings. The molecule has 0 saturated heterocycles. The highest BCUT2D eigenvalue weighted by Gasteiger charge is 2.29. The van der Waals surface area contributed by atoms with Crippen molar-refractivity contribution in [2.75, 3.05) is 32.3 Å². The summed E-state index contributed by atoms with van der Waals surface area (Å²) in [5.74, 6) is 1.78. The molecule has 0 fully saturated rings. The van der Waals surface area contributed by atoms with E-state index in [1.165, 1.54) is 11.1 Å². The van der Waals surface area contributed by atoms with E-state index in [2.05, 4.69) is 59.4 Å². The van der Waals surface area contributed by atoms with E-state index in [4.69, 9.17) is 35.0 Å². The number of aliphatic hydroxyl groups excluding tert-OH is 1. The van der Waals surface area contributed by atoms with Gasteiger partial charge in [0.15, 0.2) is 5.71 Å². The Morgan fingerprint density at radius 2 is 1.47 bits per heavy atom. The molecule has 1 aromatic heterocycles. The normalized spacial score (nSPS) is 11.8. The van der Waals surface area contributed by atoms with E-state index >= 15 is 0 Å². The van der Waals surface area contributed by atoms with E-state index in [1.54, 1.807) is 13.8 Å². The number of esters is 2. The highest BCUT2D eigenvalue weighted by atomic mass is 35.5. The molecule has 3 aromatic rings. The number of amides is 1. The van der Waals surface area contributed by atoms with E-state index in [-0.39, 0.29) is 19.2 Å². The van der Waals surface area contributed by atoms with Gasteiger partial charge in [-0.25, -0.2) is 14.6 Å². The van der Waals surface area contributed by atoms with E-state index in [1.807, 2.05) is 31.2 Å². The van der Waals surface area contributed by atoms with Crippen molar-refractivity contribution in [2.45, 2.75) is 54.1 Å². The van der Waals surface area contributed by atoms with Crippen LogP contribution in [-0.4, -0.2) is 66.0 Å². The highest BCUT2D eigenvalue weighted by molar-refractivity contribution is 6.33. The first kappa shape index (κ1) is 37.1. The third-order valence-corrected chi connectivity index (χ3v) is 6.47. The SMILES string of the molecule is C=C1[O+]=C(c2ccc(CC)cc2)N=C1CCl.CCOC(=O)CO.CCOC(=O)COCc1nc(-c2ccc(CC)cc2)oc1C. The molecule has 0 amide bonds. The first-order valence-corrected chi connectivity index (χ1v) is 15.2. The predicted octanol–water partition coefficient (Wildman–Crippen LogP) is 5.97. The van der Waals surface area contributed by atoms with Crippen molar-refractivity contribution in [1.82, 2.24) is 4.98 Å². The lowest BCUT2D eigenvalue weighted by Crippen LogP contribution is -2.12. The Morgan fingerprint density at radius 3 is 1.93 bits per heavy atom. The third kappa shape index (κ3) is 12.4. The van der Waals surface area contributed by atoms with Gasteiger partial charge in [-0.3, -0.25) is 0 Å². The molecule has 0 bridgehead atoms. The van der Waals surface area contributed by atoms with Gasteiger partial charge in [0.05, 0.1) is 25.7 Å². The second-order valence-corrected chi connectivity index (χ2v) is 9.67. The van der Waals surface area contributed by atoms with Crippen molar-refractivity contribution in [1.29, 1.82) is 0 Å². The van der Waals surface area contributed by atoms with Gasteiger partial charge in [-0.1, -0.05) is 38.1 Å². The van der Waals surface area contributed by atoms with Gasteiger partial charge in [0, 0.05) is 12.1 Å². The number of rotatable bonds is 12. The van der Waals surface area contributed by atoms with E-state index in [0.717, 1.165) is 24.0 Å². The summed E-state index contributed by atoms with van der Waals surface area (Å²) in [6, 6.07) is 16.3. The Morgan fingerprint density at radius 1 is 0.911 bits per heavy atom. The molecule has 10 nitrogen and oxygen atoms in total. The Labute approximate surface area is 269 Å². The third-order valence-electron chi connectivity index (χ3n) is 6.21. The topological polar surface area (TPSA) is 132 Å². The van der Waals surface area contributed by atoms with Crippen molar-refractivity contribution in [3.8, 4) is 11.5 Å². The van der Waals surface area contributed by atoms with Crippen LogP contribution in [0.25, 0.3) is 11.5 Å². The summed E-state index contributed by atoms with van der Waals surface area (Å²) < 4.78 is 25.5. The molecule has 1 aliphatic heterocycles. The van der Waals surface area contributed by atoms with Crippen LogP contribution in [0, 0.1) is 6.92 Å². The number of alkyl halides is 1. The molecule has 0 saturated carbocycles. The summed E-state index contributed by atoms with van der Waals surface area (Å²) in [6.45, 7) is 13.6. The van der Waals surface area contributed by atoms with Crippen LogP contribution in [0.1, 0.15) is 60.3 Å². The number of allylic oxidation sites excluding steroid dienone is 1. The van der Waals surface area contributed by atoms with Crippen LogP contribution in [-0.2, 0) is 43.2 Å². The average molecular weight is 642 g/mol. The van der Waals surface area contributed by atoms with Crippen LogP contribution in [0.15, 0.2) is 70.3 Å². The molecular formula is C34H42ClN2O8+. The minimum absolute atomic E-state index is 0.0827. The number of oxazole rings is 1. The van der Waals surface area contributed by atoms with Gasteiger partial charge in [-0.05, 0) is 69.0 Å². The fourth-order valence-corrected chi connectivity index (χ4v) is 3.91. The summed E-state index contributed by atoms with van der Waals surface area (Å²) in [6.07, 6.45) is 2.03. The van der Waals surface area contributed by atoms with Gasteiger partial charge < -0.3 is 23.7 Å². The lowest BCUT2D eigenvalue weighted by molar-refractivity contribution is -0.183. The largest absolute Gasteiger partial charge is 0.464 e. The van der Waals surface area contributed by atoms with E-state index in [9.17, 15) is 9.59 Å². The van der Waals surface area contributed by atoms with Crippen LogP contribution < -0.4 is 0 Å². The number of carbonyl (C=O) groups excluding carboxylic acids is 3. The number of aromatic nitrogens is 1. The summed E-state index contributed by atoms with van der Waals surface area (Å²) in [7, 11) is 0. The van der Waals surface area contributed by atoms with Crippen molar-refractivity contribution < 1.29 is 37.7 Å². The average Bonchev–Trinajstić information content (AvgIpc) is 3.63. The number of carbonyl (C=O) groups is 2. The zero-order valence-electron chi connectivity index (χ0n) is 26.6. The summed E-state index contributed by atoms with van der Waals surface area (Å²) in [4.78, 5) is 29.9. The summed E-state index contributed by atoms with van der Waals surface area (Å²) in [5, 5.41) is 7.99.